The molecule has 2 saturated carbocycles. The van der Waals surface area contributed by atoms with Crippen LogP contribution < -0.4 is 0 Å². The molecule has 0 bridgehead atoms. The number of benzene rings is 1. The predicted molar refractivity (Wildman–Crippen MR) is 91.1 cm³/mol. The number of nitrogens with zero attached hydrogens (tertiary/aromatic N) is 1. The monoisotopic (exact) mass is 335 g/mol. The predicted octanol–water partition coefficient (Wildman–Crippen LogP) is 2.52. The van der Waals surface area contributed by atoms with E-state index in [1.54, 1.807) is 11.9 Å². The molecule has 5 heteroatoms. The van der Waals surface area contributed by atoms with Crippen LogP contribution in [-0.2, 0) is 14.6 Å². The highest BCUT2D eigenvalue weighted by molar-refractivity contribution is 7.91. The normalized spacial score (nSPS) is 30.2. The molecule has 1 amide bonds. The Labute approximate surface area is 138 Å². The molecule has 126 valence electrons. The highest BCUT2D eigenvalue weighted by atomic mass is 32.2. The number of carbonyl (C=O) groups excluding carboxylic acids is 1. The van der Waals surface area contributed by atoms with Gasteiger partial charge >= 0.3 is 0 Å². The highest BCUT2D eigenvalue weighted by Crippen LogP contribution is 2.49. The number of sulfone groups is 1. The maximum absolute atomic E-state index is 12.8. The first kappa shape index (κ1) is 16.5. The van der Waals surface area contributed by atoms with Crippen LogP contribution in [0.3, 0.4) is 0 Å². The number of aryl methyl sites for hydroxylation is 1. The third kappa shape index (κ3) is 3.16. The zero-order chi connectivity index (χ0) is 16.8. The number of rotatable bonds is 4. The summed E-state index contributed by atoms with van der Waals surface area (Å²) >= 11 is 0. The van der Waals surface area contributed by atoms with Crippen molar-refractivity contribution in [3.8, 4) is 0 Å². The van der Waals surface area contributed by atoms with Crippen LogP contribution in [0.15, 0.2) is 24.3 Å². The molecule has 0 aromatic heterocycles. The summed E-state index contributed by atoms with van der Waals surface area (Å²) in [6, 6.07) is 8.05. The van der Waals surface area contributed by atoms with E-state index in [-0.39, 0.29) is 17.9 Å². The molecule has 4 atom stereocenters. The second-order valence-corrected chi connectivity index (χ2v) is 9.39. The number of hydrogen-bond donors (Lipinski definition) is 0. The van der Waals surface area contributed by atoms with Gasteiger partial charge in [-0.25, -0.2) is 8.42 Å². The van der Waals surface area contributed by atoms with E-state index in [9.17, 15) is 13.2 Å². The first-order valence-corrected chi connectivity index (χ1v) is 10.3. The lowest BCUT2D eigenvalue weighted by atomic mass is 10.0. The molecule has 0 aliphatic heterocycles. The molecule has 4 nitrogen and oxygen atoms in total. The van der Waals surface area contributed by atoms with Crippen molar-refractivity contribution in [1.82, 2.24) is 4.90 Å². The van der Waals surface area contributed by atoms with Crippen molar-refractivity contribution in [2.75, 3.05) is 13.3 Å². The second kappa shape index (κ2) is 5.93. The van der Waals surface area contributed by atoms with E-state index < -0.39 is 15.1 Å². The maximum Gasteiger partial charge on any atom is 0.226 e. The van der Waals surface area contributed by atoms with E-state index in [1.807, 2.05) is 12.1 Å². The van der Waals surface area contributed by atoms with Gasteiger partial charge in [0.05, 0.1) is 5.25 Å². The minimum absolute atomic E-state index is 0.0157. The van der Waals surface area contributed by atoms with Crippen LogP contribution in [0.1, 0.15) is 42.7 Å². The van der Waals surface area contributed by atoms with Crippen molar-refractivity contribution in [2.45, 2.75) is 49.8 Å². The smallest absolute Gasteiger partial charge is 0.226 e. The van der Waals surface area contributed by atoms with Gasteiger partial charge in [0.25, 0.3) is 0 Å². The summed E-state index contributed by atoms with van der Waals surface area (Å²) in [5, 5.41) is -0.396. The van der Waals surface area contributed by atoms with Gasteiger partial charge in [-0.15, -0.1) is 0 Å². The zero-order valence-electron chi connectivity index (χ0n) is 14.0. The third-order valence-electron chi connectivity index (χ3n) is 5.51. The van der Waals surface area contributed by atoms with Crippen LogP contribution >= 0.6 is 0 Å². The van der Waals surface area contributed by atoms with E-state index in [0.29, 0.717) is 12.3 Å². The van der Waals surface area contributed by atoms with E-state index in [0.717, 1.165) is 19.3 Å². The molecule has 1 aromatic carbocycles. The second-order valence-electron chi connectivity index (χ2n) is 7.12. The summed E-state index contributed by atoms with van der Waals surface area (Å²) in [6.07, 6.45) is 4.52. The van der Waals surface area contributed by atoms with Crippen LogP contribution in [0.25, 0.3) is 0 Å². The van der Waals surface area contributed by atoms with E-state index >= 15 is 0 Å². The first-order valence-electron chi connectivity index (χ1n) is 8.31. The summed E-state index contributed by atoms with van der Waals surface area (Å²) in [6.45, 7) is 2.08. The molecule has 0 N–H and O–H groups in total. The Morgan fingerprint density at radius 3 is 2.57 bits per heavy atom. The molecule has 0 radical (unpaired) electrons. The number of hydrogen-bond acceptors (Lipinski definition) is 3. The Bertz CT molecular complexity index is 713. The summed E-state index contributed by atoms with van der Waals surface area (Å²) in [4.78, 5) is 14.5. The Kier molecular flexibility index (Phi) is 4.25. The van der Waals surface area contributed by atoms with Gasteiger partial charge in [-0.1, -0.05) is 24.3 Å². The van der Waals surface area contributed by atoms with E-state index in [2.05, 4.69) is 19.1 Å². The SMILES string of the molecule is Cc1ccccc1[C@@H]1C[C@@H]1C(=O)N(C)[C@H]1CCC[C@@H]1S(C)(=O)=O. The van der Waals surface area contributed by atoms with Crippen LogP contribution in [0, 0.1) is 12.8 Å². The van der Waals surface area contributed by atoms with Gasteiger partial charge in [0.1, 0.15) is 0 Å². The molecule has 0 spiro atoms. The van der Waals surface area contributed by atoms with E-state index in [4.69, 9.17) is 0 Å². The molecule has 0 saturated heterocycles. The molecule has 0 unspecified atom stereocenters. The van der Waals surface area contributed by atoms with Gasteiger partial charge in [0.15, 0.2) is 9.84 Å². The summed E-state index contributed by atoms with van der Waals surface area (Å²) in [7, 11) is -1.32. The molecular weight excluding hydrogens is 310 g/mol. The minimum Gasteiger partial charge on any atom is -0.341 e. The van der Waals surface area contributed by atoms with Crippen LogP contribution in [0.5, 0.6) is 0 Å². The van der Waals surface area contributed by atoms with Crippen molar-refractivity contribution in [1.29, 1.82) is 0 Å². The van der Waals surface area contributed by atoms with E-state index in [1.165, 1.54) is 17.4 Å². The Morgan fingerprint density at radius 1 is 1.22 bits per heavy atom. The molecule has 2 aliphatic rings. The van der Waals surface area contributed by atoms with Crippen molar-refractivity contribution >= 4 is 15.7 Å². The summed E-state index contributed by atoms with van der Waals surface area (Å²) < 4.78 is 23.9. The lowest BCUT2D eigenvalue weighted by Gasteiger charge is -2.29. The summed E-state index contributed by atoms with van der Waals surface area (Å²) in [5.74, 6) is 0.421. The fourth-order valence-corrected chi connectivity index (χ4v) is 5.57. The molecule has 1 aromatic rings. The quantitative estimate of drug-likeness (QED) is 0.849. The maximum atomic E-state index is 12.8. The van der Waals surface area contributed by atoms with Crippen LogP contribution in [0.4, 0.5) is 0 Å². The molecule has 2 fully saturated rings. The number of amides is 1. The first-order chi connectivity index (χ1) is 10.8. The van der Waals surface area contributed by atoms with Gasteiger partial charge in [-0.2, -0.15) is 0 Å². The highest BCUT2D eigenvalue weighted by Gasteiger charge is 2.48. The van der Waals surface area contributed by atoms with Gasteiger partial charge in [0, 0.05) is 25.3 Å². The standard InChI is InChI=1S/C18H25NO3S/c1-12-7-4-5-8-13(12)14-11-15(14)18(20)19(2)16-9-6-10-17(16)23(3,21)22/h4-5,7-8,14-17H,6,9-11H2,1-3H3/t14-,15-,16-,17-/m0/s1. The van der Waals surface area contributed by atoms with Crippen LogP contribution in [0.2, 0.25) is 0 Å². The minimum atomic E-state index is -3.10. The third-order valence-corrected chi connectivity index (χ3v) is 7.16. The van der Waals surface area contributed by atoms with Crippen LogP contribution in [-0.4, -0.2) is 43.8 Å². The molecule has 23 heavy (non-hydrogen) atoms. The van der Waals surface area contributed by atoms with Gasteiger partial charge in [-0.05, 0) is 49.7 Å². The largest absolute Gasteiger partial charge is 0.341 e. The number of carbonyl (C=O) groups is 1. The Morgan fingerprint density at radius 2 is 1.91 bits per heavy atom. The molecule has 3 rings (SSSR count). The fourth-order valence-electron chi connectivity index (χ4n) is 4.09. The van der Waals surface area contributed by atoms with Crippen molar-refractivity contribution in [3.05, 3.63) is 35.4 Å². The van der Waals surface area contributed by atoms with Crippen molar-refractivity contribution in [2.24, 2.45) is 5.92 Å². The van der Waals surface area contributed by atoms with Gasteiger partial charge < -0.3 is 4.90 Å². The van der Waals surface area contributed by atoms with Gasteiger partial charge in [-0.3, -0.25) is 4.79 Å². The molecular formula is C18H25NO3S. The van der Waals surface area contributed by atoms with Crippen molar-refractivity contribution < 1.29 is 13.2 Å². The average Bonchev–Trinajstić information content (AvgIpc) is 3.11. The Balaban J connectivity index is 1.71. The lowest BCUT2D eigenvalue weighted by molar-refractivity contribution is -0.133. The molecule has 2 aliphatic carbocycles. The summed E-state index contributed by atoms with van der Waals surface area (Å²) in [5.41, 5.74) is 2.48. The Hall–Kier alpha value is -1.36. The average molecular weight is 335 g/mol. The fraction of sp³-hybridized carbons (Fsp3) is 0.611. The lowest BCUT2D eigenvalue weighted by Crippen LogP contribution is -2.45. The zero-order valence-corrected chi connectivity index (χ0v) is 14.8. The topological polar surface area (TPSA) is 54.5 Å². The van der Waals surface area contributed by atoms with Gasteiger partial charge in [0.2, 0.25) is 5.91 Å². The van der Waals surface area contributed by atoms with Crippen molar-refractivity contribution in [3.63, 3.8) is 0 Å². The molecule has 0 heterocycles.